The van der Waals surface area contributed by atoms with Gasteiger partial charge in [0, 0.05) is 30.6 Å². The second-order valence-corrected chi connectivity index (χ2v) is 8.00. The predicted molar refractivity (Wildman–Crippen MR) is 91.3 cm³/mol. The fourth-order valence-corrected chi connectivity index (χ4v) is 4.10. The number of rotatable bonds is 6. The van der Waals surface area contributed by atoms with Gasteiger partial charge in [-0.25, -0.2) is 4.98 Å². The smallest absolute Gasteiger partial charge is 0.185 e. The van der Waals surface area contributed by atoms with Gasteiger partial charge in [0.05, 0.1) is 5.69 Å². The number of aromatic nitrogens is 1. The molecule has 1 aromatic rings. The normalized spacial score (nSPS) is 21.8. The van der Waals surface area contributed by atoms with Crippen molar-refractivity contribution in [3.05, 3.63) is 10.6 Å². The van der Waals surface area contributed by atoms with Gasteiger partial charge in [-0.1, -0.05) is 20.8 Å². The average molecular weight is 308 g/mol. The van der Waals surface area contributed by atoms with E-state index in [1.807, 2.05) is 11.3 Å². The monoisotopic (exact) mass is 307 g/mol. The molecule has 2 aliphatic rings. The predicted octanol–water partition coefficient (Wildman–Crippen LogP) is 4.14. The van der Waals surface area contributed by atoms with Crippen LogP contribution in [-0.2, 0) is 6.54 Å². The molecule has 1 aliphatic heterocycles. The molecule has 1 saturated carbocycles. The molecule has 1 atom stereocenters. The lowest BCUT2D eigenvalue weighted by Gasteiger charge is -2.29. The van der Waals surface area contributed by atoms with E-state index in [0.717, 1.165) is 18.5 Å². The summed E-state index contributed by atoms with van der Waals surface area (Å²) in [7, 11) is 0. The Hall–Kier alpha value is -0.610. The van der Waals surface area contributed by atoms with Gasteiger partial charge >= 0.3 is 0 Å². The van der Waals surface area contributed by atoms with Crippen LogP contribution in [0.15, 0.2) is 0 Å². The van der Waals surface area contributed by atoms with Gasteiger partial charge in [0.15, 0.2) is 5.13 Å². The third-order valence-electron chi connectivity index (χ3n) is 4.98. The molecular formula is C17H29N3S. The van der Waals surface area contributed by atoms with E-state index in [2.05, 4.69) is 31.0 Å². The third kappa shape index (κ3) is 3.78. The first kappa shape index (κ1) is 15.3. The molecule has 1 N–H and O–H groups in total. The first-order valence-electron chi connectivity index (χ1n) is 8.65. The van der Waals surface area contributed by atoms with Gasteiger partial charge < -0.3 is 10.2 Å². The van der Waals surface area contributed by atoms with Crippen molar-refractivity contribution < 1.29 is 0 Å². The van der Waals surface area contributed by atoms with Crippen LogP contribution in [0.2, 0.25) is 0 Å². The minimum absolute atomic E-state index is 0.578. The number of hydrogen-bond donors (Lipinski definition) is 1. The summed E-state index contributed by atoms with van der Waals surface area (Å²) in [5.74, 6) is 1.46. The lowest BCUT2D eigenvalue weighted by atomic mass is 10.00. The quantitative estimate of drug-likeness (QED) is 0.856. The Bertz CT molecular complexity index is 459. The minimum atomic E-state index is 0.578. The maximum Gasteiger partial charge on any atom is 0.185 e. The fraction of sp³-hybridized carbons (Fsp3) is 0.824. The van der Waals surface area contributed by atoms with E-state index in [1.165, 1.54) is 60.9 Å². The van der Waals surface area contributed by atoms with Crippen LogP contribution in [0.25, 0.3) is 0 Å². The van der Waals surface area contributed by atoms with Crippen molar-refractivity contribution in [2.75, 3.05) is 18.0 Å². The molecule has 2 fully saturated rings. The van der Waals surface area contributed by atoms with Gasteiger partial charge in [0.2, 0.25) is 0 Å². The standard InChI is InChI=1S/C17H29N3S/c1-4-13(3)16-15(11-18-14-5-6-14)21-17(19-16)20-9-7-12(2)8-10-20/h12-14,18H,4-11H2,1-3H3. The highest BCUT2D eigenvalue weighted by atomic mass is 32.1. The summed E-state index contributed by atoms with van der Waals surface area (Å²) in [6, 6.07) is 0.774. The molecule has 1 saturated heterocycles. The molecule has 0 radical (unpaired) electrons. The van der Waals surface area contributed by atoms with E-state index in [1.54, 1.807) is 0 Å². The van der Waals surface area contributed by atoms with E-state index < -0.39 is 0 Å². The summed E-state index contributed by atoms with van der Waals surface area (Å²) >= 11 is 1.93. The third-order valence-corrected chi connectivity index (χ3v) is 6.11. The van der Waals surface area contributed by atoms with Crippen molar-refractivity contribution in [1.29, 1.82) is 0 Å². The van der Waals surface area contributed by atoms with Crippen LogP contribution in [0.4, 0.5) is 5.13 Å². The average Bonchev–Trinajstić information content (AvgIpc) is 3.23. The van der Waals surface area contributed by atoms with Crippen LogP contribution >= 0.6 is 11.3 Å². The highest BCUT2D eigenvalue weighted by molar-refractivity contribution is 7.15. The molecule has 3 rings (SSSR count). The number of anilines is 1. The Morgan fingerprint density at radius 1 is 1.29 bits per heavy atom. The molecule has 0 bridgehead atoms. The summed E-state index contributed by atoms with van der Waals surface area (Å²) < 4.78 is 0. The van der Waals surface area contributed by atoms with Crippen LogP contribution < -0.4 is 10.2 Å². The van der Waals surface area contributed by atoms with E-state index in [-0.39, 0.29) is 0 Å². The maximum absolute atomic E-state index is 5.03. The number of hydrogen-bond acceptors (Lipinski definition) is 4. The number of thiazole rings is 1. The highest BCUT2D eigenvalue weighted by Gasteiger charge is 2.25. The fourth-order valence-electron chi connectivity index (χ4n) is 2.92. The Balaban J connectivity index is 1.73. The van der Waals surface area contributed by atoms with E-state index in [4.69, 9.17) is 4.98 Å². The summed E-state index contributed by atoms with van der Waals surface area (Å²) in [6.07, 6.45) is 6.51. The van der Waals surface area contributed by atoms with Crippen molar-refractivity contribution in [2.24, 2.45) is 5.92 Å². The summed E-state index contributed by atoms with van der Waals surface area (Å²) in [6.45, 7) is 10.3. The first-order valence-corrected chi connectivity index (χ1v) is 9.47. The highest BCUT2D eigenvalue weighted by Crippen LogP contribution is 2.34. The van der Waals surface area contributed by atoms with Crippen LogP contribution in [-0.4, -0.2) is 24.1 Å². The minimum Gasteiger partial charge on any atom is -0.348 e. The van der Waals surface area contributed by atoms with E-state index >= 15 is 0 Å². The summed E-state index contributed by atoms with van der Waals surface area (Å²) in [4.78, 5) is 9.02. The molecule has 118 valence electrons. The number of piperidine rings is 1. The maximum atomic E-state index is 5.03. The van der Waals surface area contributed by atoms with Gasteiger partial charge in [-0.15, -0.1) is 11.3 Å². The Labute approximate surface area is 133 Å². The van der Waals surface area contributed by atoms with Gasteiger partial charge in [-0.3, -0.25) is 0 Å². The van der Waals surface area contributed by atoms with E-state index in [0.29, 0.717) is 5.92 Å². The van der Waals surface area contributed by atoms with Gasteiger partial charge in [0.1, 0.15) is 0 Å². The van der Waals surface area contributed by atoms with Crippen LogP contribution in [0, 0.1) is 5.92 Å². The van der Waals surface area contributed by atoms with Crippen molar-refractivity contribution in [1.82, 2.24) is 10.3 Å². The molecule has 0 amide bonds. The van der Waals surface area contributed by atoms with Crippen molar-refractivity contribution in [3.8, 4) is 0 Å². The largest absolute Gasteiger partial charge is 0.348 e. The molecule has 4 heteroatoms. The van der Waals surface area contributed by atoms with Crippen LogP contribution in [0.5, 0.6) is 0 Å². The molecule has 1 aliphatic carbocycles. The SMILES string of the molecule is CCC(C)c1nc(N2CCC(C)CC2)sc1CNC1CC1. The molecule has 1 unspecified atom stereocenters. The molecule has 1 aromatic heterocycles. The first-order chi connectivity index (χ1) is 10.2. The lowest BCUT2D eigenvalue weighted by Crippen LogP contribution is -2.32. The van der Waals surface area contributed by atoms with Gasteiger partial charge in [-0.05, 0) is 43.9 Å². The van der Waals surface area contributed by atoms with Crippen LogP contribution in [0.3, 0.4) is 0 Å². The molecule has 3 nitrogen and oxygen atoms in total. The number of nitrogens with zero attached hydrogens (tertiary/aromatic N) is 2. The topological polar surface area (TPSA) is 28.2 Å². The molecule has 0 aromatic carbocycles. The molecular weight excluding hydrogens is 278 g/mol. The van der Waals surface area contributed by atoms with Crippen LogP contribution in [0.1, 0.15) is 69.4 Å². The Kier molecular flexibility index (Phi) is 4.85. The van der Waals surface area contributed by atoms with Gasteiger partial charge in [-0.2, -0.15) is 0 Å². The molecule has 21 heavy (non-hydrogen) atoms. The van der Waals surface area contributed by atoms with Crippen molar-refractivity contribution in [3.63, 3.8) is 0 Å². The van der Waals surface area contributed by atoms with Gasteiger partial charge in [0.25, 0.3) is 0 Å². The Morgan fingerprint density at radius 2 is 2.00 bits per heavy atom. The second kappa shape index (κ2) is 6.66. The van der Waals surface area contributed by atoms with Crippen molar-refractivity contribution in [2.45, 2.75) is 71.4 Å². The molecule has 0 spiro atoms. The zero-order valence-corrected chi connectivity index (χ0v) is 14.5. The van der Waals surface area contributed by atoms with E-state index in [9.17, 15) is 0 Å². The molecule has 2 heterocycles. The zero-order valence-electron chi connectivity index (χ0n) is 13.7. The summed E-state index contributed by atoms with van der Waals surface area (Å²) in [5.41, 5.74) is 1.35. The van der Waals surface area contributed by atoms with Crippen molar-refractivity contribution >= 4 is 16.5 Å². The number of nitrogens with one attached hydrogen (secondary N) is 1. The Morgan fingerprint density at radius 3 is 2.62 bits per heavy atom. The lowest BCUT2D eigenvalue weighted by molar-refractivity contribution is 0.438. The summed E-state index contributed by atoms with van der Waals surface area (Å²) in [5, 5.41) is 4.94. The second-order valence-electron chi connectivity index (χ2n) is 6.94. The zero-order chi connectivity index (χ0) is 14.8.